The average molecular weight is 325 g/mol. The van der Waals surface area contributed by atoms with Crippen LogP contribution < -0.4 is 0 Å². The topological polar surface area (TPSA) is 72.4 Å². The van der Waals surface area contributed by atoms with Crippen molar-refractivity contribution in [1.82, 2.24) is 14.9 Å². The van der Waals surface area contributed by atoms with Crippen LogP contribution in [0.2, 0.25) is 0 Å². The van der Waals surface area contributed by atoms with E-state index in [-0.39, 0.29) is 11.6 Å². The van der Waals surface area contributed by atoms with E-state index in [4.69, 9.17) is 4.74 Å². The minimum Gasteiger partial charge on any atom is -0.443 e. The highest BCUT2D eigenvalue weighted by molar-refractivity contribution is 5.91. The molecule has 1 fully saturated rings. The Kier molecular flexibility index (Phi) is 5.15. The van der Waals surface area contributed by atoms with Crippen LogP contribution in [0, 0.1) is 0 Å². The minimum absolute atomic E-state index is 0.0878. The molecule has 24 heavy (non-hydrogen) atoms. The van der Waals surface area contributed by atoms with Gasteiger partial charge in [0.2, 0.25) is 6.10 Å². The maximum Gasteiger partial charge on any atom is 0.359 e. The standard InChI is InChI=1S/C18H19N3O3/c22-17(21-11-5-2-6-12-21)16(14-7-3-1-4-8-14)24-18(23)15-13-19-9-10-20-15/h1,3-4,7-10,13,16H,2,5-6,11-12H2/t16-/m0/s1. The van der Waals surface area contributed by atoms with Gasteiger partial charge < -0.3 is 9.64 Å². The smallest absolute Gasteiger partial charge is 0.359 e. The van der Waals surface area contributed by atoms with Gasteiger partial charge in [-0.2, -0.15) is 0 Å². The van der Waals surface area contributed by atoms with Crippen molar-refractivity contribution in [1.29, 1.82) is 0 Å². The molecule has 124 valence electrons. The lowest BCUT2D eigenvalue weighted by molar-refractivity contribution is -0.142. The second kappa shape index (κ2) is 7.68. The highest BCUT2D eigenvalue weighted by Crippen LogP contribution is 2.23. The first-order valence-electron chi connectivity index (χ1n) is 8.06. The summed E-state index contributed by atoms with van der Waals surface area (Å²) in [5.74, 6) is -0.833. The molecule has 0 unspecified atom stereocenters. The van der Waals surface area contributed by atoms with Crippen molar-refractivity contribution < 1.29 is 14.3 Å². The van der Waals surface area contributed by atoms with E-state index in [2.05, 4.69) is 9.97 Å². The summed E-state index contributed by atoms with van der Waals surface area (Å²) >= 11 is 0. The third kappa shape index (κ3) is 3.76. The van der Waals surface area contributed by atoms with Crippen LogP contribution in [0.4, 0.5) is 0 Å². The van der Waals surface area contributed by atoms with Crippen LogP contribution in [-0.2, 0) is 9.53 Å². The van der Waals surface area contributed by atoms with Crippen LogP contribution in [0.15, 0.2) is 48.9 Å². The van der Waals surface area contributed by atoms with Crippen LogP contribution >= 0.6 is 0 Å². The quantitative estimate of drug-likeness (QED) is 0.807. The maximum absolute atomic E-state index is 12.9. The monoisotopic (exact) mass is 325 g/mol. The van der Waals surface area contributed by atoms with E-state index in [9.17, 15) is 9.59 Å². The zero-order chi connectivity index (χ0) is 16.8. The van der Waals surface area contributed by atoms with Gasteiger partial charge in [-0.25, -0.2) is 9.78 Å². The molecule has 1 aliphatic rings. The Balaban J connectivity index is 1.82. The lowest BCUT2D eigenvalue weighted by Crippen LogP contribution is -2.40. The Hall–Kier alpha value is -2.76. The van der Waals surface area contributed by atoms with E-state index in [1.54, 1.807) is 17.0 Å². The van der Waals surface area contributed by atoms with Crippen molar-refractivity contribution in [3.05, 3.63) is 60.2 Å². The van der Waals surface area contributed by atoms with Gasteiger partial charge in [0.25, 0.3) is 5.91 Å². The number of hydrogen-bond donors (Lipinski definition) is 0. The summed E-state index contributed by atoms with van der Waals surface area (Å²) in [6.07, 6.45) is 6.34. The second-order valence-corrected chi connectivity index (χ2v) is 5.67. The van der Waals surface area contributed by atoms with Crippen molar-refractivity contribution in [2.24, 2.45) is 0 Å². The lowest BCUT2D eigenvalue weighted by atomic mass is 10.1. The van der Waals surface area contributed by atoms with Gasteiger partial charge in [0.15, 0.2) is 5.69 Å². The molecule has 1 atom stereocenters. The molecule has 0 N–H and O–H groups in total. The molecule has 2 aromatic rings. The molecule has 1 aromatic carbocycles. The second-order valence-electron chi connectivity index (χ2n) is 5.67. The Morgan fingerprint density at radius 1 is 1.04 bits per heavy atom. The molecule has 0 saturated carbocycles. The number of nitrogens with zero attached hydrogens (tertiary/aromatic N) is 3. The summed E-state index contributed by atoms with van der Waals surface area (Å²) in [5.41, 5.74) is 0.746. The van der Waals surface area contributed by atoms with Gasteiger partial charge >= 0.3 is 5.97 Å². The first-order chi connectivity index (χ1) is 11.8. The normalized spacial score (nSPS) is 15.6. The Labute approximate surface area is 140 Å². The number of likely N-dealkylation sites (tertiary alicyclic amines) is 1. The number of carbonyl (C=O) groups excluding carboxylic acids is 2. The van der Waals surface area contributed by atoms with Crippen LogP contribution in [0.5, 0.6) is 0 Å². The fraction of sp³-hybridized carbons (Fsp3) is 0.333. The summed E-state index contributed by atoms with van der Waals surface area (Å²) in [5, 5.41) is 0. The SMILES string of the molecule is O=C(O[C@H](C(=O)N1CCCCC1)c1ccccc1)c1cnccn1. The third-order valence-corrected chi connectivity index (χ3v) is 3.99. The Bertz CT molecular complexity index is 685. The molecule has 0 aliphatic carbocycles. The molecule has 1 aromatic heterocycles. The number of ether oxygens (including phenoxy) is 1. The molecule has 2 heterocycles. The van der Waals surface area contributed by atoms with Gasteiger partial charge in [-0.15, -0.1) is 0 Å². The third-order valence-electron chi connectivity index (χ3n) is 3.99. The van der Waals surface area contributed by atoms with E-state index in [1.807, 2.05) is 18.2 Å². The number of hydrogen-bond acceptors (Lipinski definition) is 5. The first kappa shape index (κ1) is 16.1. The molecule has 0 radical (unpaired) electrons. The largest absolute Gasteiger partial charge is 0.443 e. The van der Waals surface area contributed by atoms with Crippen LogP contribution in [0.1, 0.15) is 41.4 Å². The van der Waals surface area contributed by atoms with E-state index in [0.29, 0.717) is 18.7 Å². The summed E-state index contributed by atoms with van der Waals surface area (Å²) in [7, 11) is 0. The summed E-state index contributed by atoms with van der Waals surface area (Å²) in [6.45, 7) is 1.40. The fourth-order valence-electron chi connectivity index (χ4n) is 2.74. The van der Waals surface area contributed by atoms with Gasteiger partial charge in [-0.05, 0) is 19.3 Å². The molecular formula is C18H19N3O3. The predicted molar refractivity (Wildman–Crippen MR) is 87.1 cm³/mol. The molecule has 1 amide bonds. The lowest BCUT2D eigenvalue weighted by Gasteiger charge is -2.30. The molecule has 3 rings (SSSR count). The number of aromatic nitrogens is 2. The van der Waals surface area contributed by atoms with Gasteiger partial charge in [0, 0.05) is 31.0 Å². The van der Waals surface area contributed by atoms with Crippen LogP contribution in [0.3, 0.4) is 0 Å². The molecule has 6 nitrogen and oxygen atoms in total. The molecule has 0 spiro atoms. The molecular weight excluding hydrogens is 306 g/mol. The molecule has 6 heteroatoms. The predicted octanol–water partition coefficient (Wildman–Crippen LogP) is 2.39. The highest BCUT2D eigenvalue weighted by atomic mass is 16.5. The van der Waals surface area contributed by atoms with Crippen LogP contribution in [0.25, 0.3) is 0 Å². The molecule has 0 bridgehead atoms. The highest BCUT2D eigenvalue weighted by Gasteiger charge is 2.30. The summed E-state index contributed by atoms with van der Waals surface area (Å²) < 4.78 is 5.50. The van der Waals surface area contributed by atoms with Crippen molar-refractivity contribution in [2.75, 3.05) is 13.1 Å². The number of carbonyl (C=O) groups is 2. The number of piperidine rings is 1. The van der Waals surface area contributed by atoms with E-state index < -0.39 is 12.1 Å². The van der Waals surface area contributed by atoms with Gasteiger partial charge in [-0.3, -0.25) is 9.78 Å². The number of amides is 1. The van der Waals surface area contributed by atoms with Crippen LogP contribution in [-0.4, -0.2) is 39.8 Å². The van der Waals surface area contributed by atoms with Crippen molar-refractivity contribution in [3.8, 4) is 0 Å². The van der Waals surface area contributed by atoms with Gasteiger partial charge in [-0.1, -0.05) is 30.3 Å². The van der Waals surface area contributed by atoms with E-state index in [1.165, 1.54) is 18.6 Å². The molecule has 1 saturated heterocycles. The van der Waals surface area contributed by atoms with Gasteiger partial charge in [0.1, 0.15) is 0 Å². The Morgan fingerprint density at radius 2 is 1.79 bits per heavy atom. The molecule has 1 aliphatic heterocycles. The first-order valence-corrected chi connectivity index (χ1v) is 8.06. The number of benzene rings is 1. The van der Waals surface area contributed by atoms with Crippen molar-refractivity contribution in [3.63, 3.8) is 0 Å². The fourth-order valence-corrected chi connectivity index (χ4v) is 2.74. The van der Waals surface area contributed by atoms with Crippen molar-refractivity contribution >= 4 is 11.9 Å². The van der Waals surface area contributed by atoms with E-state index >= 15 is 0 Å². The Morgan fingerprint density at radius 3 is 2.46 bits per heavy atom. The average Bonchev–Trinajstić information content (AvgIpc) is 2.67. The summed E-state index contributed by atoms with van der Waals surface area (Å²) in [6, 6.07) is 9.08. The number of esters is 1. The zero-order valence-electron chi connectivity index (χ0n) is 13.3. The maximum atomic E-state index is 12.9. The minimum atomic E-state index is -0.959. The zero-order valence-corrected chi connectivity index (χ0v) is 13.3. The van der Waals surface area contributed by atoms with Crippen molar-refractivity contribution in [2.45, 2.75) is 25.4 Å². The number of rotatable bonds is 4. The van der Waals surface area contributed by atoms with E-state index in [0.717, 1.165) is 19.3 Å². The van der Waals surface area contributed by atoms with Gasteiger partial charge in [0.05, 0.1) is 6.20 Å². The summed E-state index contributed by atoms with van der Waals surface area (Å²) in [4.78, 5) is 34.8.